The highest BCUT2D eigenvalue weighted by molar-refractivity contribution is 7.99. The summed E-state index contributed by atoms with van der Waals surface area (Å²) in [5.74, 6) is 1.34. The number of benzene rings is 1. The maximum absolute atomic E-state index is 11.8. The van der Waals surface area contributed by atoms with Gasteiger partial charge in [0.1, 0.15) is 0 Å². The summed E-state index contributed by atoms with van der Waals surface area (Å²) in [7, 11) is 4.02. The zero-order valence-corrected chi connectivity index (χ0v) is 15.0. The molecule has 2 rings (SSSR count). The number of anilines is 1. The third-order valence-electron chi connectivity index (χ3n) is 3.05. The van der Waals surface area contributed by atoms with Crippen molar-refractivity contribution in [2.75, 3.05) is 24.7 Å². The summed E-state index contributed by atoms with van der Waals surface area (Å²) in [5, 5.41) is 2.94. The average molecular weight is 355 g/mol. The molecule has 118 valence electrons. The lowest BCUT2D eigenvalue weighted by Crippen LogP contribution is -2.24. The van der Waals surface area contributed by atoms with Gasteiger partial charge in [-0.05, 0) is 29.8 Å². The van der Waals surface area contributed by atoms with Gasteiger partial charge in [-0.1, -0.05) is 23.7 Å². The predicted octanol–water partition coefficient (Wildman–Crippen LogP) is 4.02. The number of hydrogen-bond acceptors (Lipinski definition) is 4. The van der Waals surface area contributed by atoms with Crippen LogP contribution in [0.15, 0.2) is 36.4 Å². The summed E-state index contributed by atoms with van der Waals surface area (Å²) >= 11 is 9.04. The summed E-state index contributed by atoms with van der Waals surface area (Å²) in [4.78, 5) is 15.1. The van der Waals surface area contributed by atoms with Crippen molar-refractivity contribution in [1.29, 1.82) is 0 Å². The Labute approximate surface area is 144 Å². The van der Waals surface area contributed by atoms with E-state index in [1.165, 1.54) is 4.88 Å². The molecular weight excluding hydrogens is 336 g/mol. The van der Waals surface area contributed by atoms with Crippen LogP contribution in [0, 0.1) is 0 Å². The van der Waals surface area contributed by atoms with Crippen LogP contribution in [0.25, 0.3) is 0 Å². The number of carbonyl (C=O) groups is 1. The smallest absolute Gasteiger partial charge is 0.230 e. The summed E-state index contributed by atoms with van der Waals surface area (Å²) in [6.45, 7) is 0.567. The highest BCUT2D eigenvalue weighted by Gasteiger charge is 2.04. The number of nitrogens with one attached hydrogen (secondary N) is 1. The van der Waals surface area contributed by atoms with Crippen molar-refractivity contribution in [2.24, 2.45) is 0 Å². The van der Waals surface area contributed by atoms with E-state index in [1.54, 1.807) is 23.1 Å². The SMILES string of the molecule is CN(C)c1ccc(CNC(=O)CSCc2ccc(Cl)s2)cc1. The Bertz CT molecular complexity index is 611. The standard InChI is InChI=1S/C16H19ClN2OS2/c1-19(2)13-5-3-12(4-6-13)9-18-16(20)11-21-10-14-7-8-15(17)22-14/h3-8H,9-11H2,1-2H3,(H,18,20). The number of amides is 1. The molecule has 1 heterocycles. The van der Waals surface area contributed by atoms with Gasteiger partial charge in [-0.15, -0.1) is 23.1 Å². The molecule has 1 N–H and O–H groups in total. The molecule has 1 aromatic carbocycles. The lowest BCUT2D eigenvalue weighted by molar-refractivity contribution is -0.118. The Morgan fingerprint density at radius 1 is 1.23 bits per heavy atom. The van der Waals surface area contributed by atoms with Gasteiger partial charge in [0.2, 0.25) is 5.91 Å². The minimum Gasteiger partial charge on any atom is -0.378 e. The van der Waals surface area contributed by atoms with Crippen molar-refractivity contribution in [1.82, 2.24) is 5.32 Å². The number of nitrogens with zero attached hydrogens (tertiary/aromatic N) is 1. The van der Waals surface area contributed by atoms with Crippen LogP contribution >= 0.6 is 34.7 Å². The quantitative estimate of drug-likeness (QED) is 0.815. The van der Waals surface area contributed by atoms with Gasteiger partial charge in [-0.25, -0.2) is 0 Å². The average Bonchev–Trinajstić information content (AvgIpc) is 2.91. The van der Waals surface area contributed by atoms with Crippen molar-refractivity contribution in [3.8, 4) is 0 Å². The Morgan fingerprint density at radius 2 is 1.95 bits per heavy atom. The number of thiophene rings is 1. The lowest BCUT2D eigenvalue weighted by atomic mass is 10.2. The van der Waals surface area contributed by atoms with E-state index < -0.39 is 0 Å². The van der Waals surface area contributed by atoms with Gasteiger partial charge >= 0.3 is 0 Å². The second kappa shape index (κ2) is 8.46. The predicted molar refractivity (Wildman–Crippen MR) is 98.1 cm³/mol. The fourth-order valence-electron chi connectivity index (χ4n) is 1.84. The number of rotatable bonds is 7. The Morgan fingerprint density at radius 3 is 2.55 bits per heavy atom. The topological polar surface area (TPSA) is 32.3 Å². The van der Waals surface area contributed by atoms with Crippen LogP contribution in [0.2, 0.25) is 4.34 Å². The monoisotopic (exact) mass is 354 g/mol. The molecule has 0 aliphatic carbocycles. The van der Waals surface area contributed by atoms with Crippen molar-refractivity contribution >= 4 is 46.3 Å². The highest BCUT2D eigenvalue weighted by atomic mass is 35.5. The van der Waals surface area contributed by atoms with Crippen LogP contribution in [-0.2, 0) is 17.1 Å². The molecule has 22 heavy (non-hydrogen) atoms. The molecule has 0 unspecified atom stereocenters. The molecule has 3 nitrogen and oxygen atoms in total. The third-order valence-corrected chi connectivity index (χ3v) is 5.44. The minimum atomic E-state index is 0.0596. The molecule has 1 amide bonds. The largest absolute Gasteiger partial charge is 0.378 e. The van der Waals surface area contributed by atoms with Gasteiger partial charge in [0.05, 0.1) is 10.1 Å². The molecule has 1 aromatic heterocycles. The van der Waals surface area contributed by atoms with Crippen LogP contribution in [0.3, 0.4) is 0 Å². The molecule has 0 atom stereocenters. The second-order valence-corrected chi connectivity index (χ2v) is 7.82. The number of thioether (sulfide) groups is 1. The van der Waals surface area contributed by atoms with Crippen LogP contribution < -0.4 is 10.2 Å². The number of halogens is 1. The zero-order valence-electron chi connectivity index (χ0n) is 12.6. The molecule has 0 saturated carbocycles. The molecule has 0 aliphatic heterocycles. The van der Waals surface area contributed by atoms with E-state index in [9.17, 15) is 4.79 Å². The van der Waals surface area contributed by atoms with E-state index in [0.29, 0.717) is 12.3 Å². The van der Waals surface area contributed by atoms with Gasteiger partial charge in [0.25, 0.3) is 0 Å². The molecular formula is C16H19ClN2OS2. The van der Waals surface area contributed by atoms with Gasteiger partial charge in [-0.2, -0.15) is 0 Å². The molecule has 0 radical (unpaired) electrons. The third kappa shape index (κ3) is 5.55. The first-order valence-corrected chi connectivity index (χ1v) is 9.24. The first kappa shape index (κ1) is 17.2. The van der Waals surface area contributed by atoms with E-state index in [0.717, 1.165) is 21.3 Å². The molecule has 6 heteroatoms. The Hall–Kier alpha value is -1.17. The number of hydrogen-bond donors (Lipinski definition) is 1. The lowest BCUT2D eigenvalue weighted by Gasteiger charge is -2.12. The van der Waals surface area contributed by atoms with E-state index >= 15 is 0 Å². The van der Waals surface area contributed by atoms with Crippen LogP contribution in [0.5, 0.6) is 0 Å². The summed E-state index contributed by atoms with van der Waals surface area (Å²) in [6, 6.07) is 12.1. The zero-order chi connectivity index (χ0) is 15.9. The van der Waals surface area contributed by atoms with Gasteiger partial charge in [0.15, 0.2) is 0 Å². The summed E-state index contributed by atoms with van der Waals surface area (Å²) < 4.78 is 0.793. The van der Waals surface area contributed by atoms with Gasteiger partial charge in [0, 0.05) is 37.0 Å². The van der Waals surface area contributed by atoms with Crippen LogP contribution in [-0.4, -0.2) is 25.8 Å². The van der Waals surface area contributed by atoms with Gasteiger partial charge < -0.3 is 10.2 Å². The van der Waals surface area contributed by atoms with Crippen molar-refractivity contribution in [3.05, 3.63) is 51.2 Å². The highest BCUT2D eigenvalue weighted by Crippen LogP contribution is 2.25. The van der Waals surface area contributed by atoms with E-state index in [2.05, 4.69) is 22.3 Å². The summed E-state index contributed by atoms with van der Waals surface area (Å²) in [5.41, 5.74) is 2.26. The molecule has 0 bridgehead atoms. The molecule has 0 saturated heterocycles. The van der Waals surface area contributed by atoms with Crippen LogP contribution in [0.1, 0.15) is 10.4 Å². The maximum Gasteiger partial charge on any atom is 0.230 e. The molecule has 0 aliphatic rings. The maximum atomic E-state index is 11.8. The Kier molecular flexibility index (Phi) is 6.61. The fraction of sp³-hybridized carbons (Fsp3) is 0.312. The second-order valence-electron chi connectivity index (χ2n) is 5.04. The van der Waals surface area contributed by atoms with Crippen molar-refractivity contribution in [3.63, 3.8) is 0 Å². The van der Waals surface area contributed by atoms with E-state index in [-0.39, 0.29) is 5.91 Å². The van der Waals surface area contributed by atoms with Gasteiger partial charge in [-0.3, -0.25) is 4.79 Å². The fourth-order valence-corrected chi connectivity index (χ4v) is 3.89. The minimum absolute atomic E-state index is 0.0596. The first-order chi connectivity index (χ1) is 10.5. The Balaban J connectivity index is 1.68. The normalized spacial score (nSPS) is 10.5. The van der Waals surface area contributed by atoms with E-state index in [1.807, 2.05) is 38.4 Å². The molecule has 0 spiro atoms. The van der Waals surface area contributed by atoms with Crippen LogP contribution in [0.4, 0.5) is 5.69 Å². The van der Waals surface area contributed by atoms with Crippen molar-refractivity contribution < 1.29 is 4.79 Å². The summed E-state index contributed by atoms with van der Waals surface area (Å²) in [6.07, 6.45) is 0. The van der Waals surface area contributed by atoms with E-state index in [4.69, 9.17) is 11.6 Å². The number of carbonyl (C=O) groups excluding carboxylic acids is 1. The molecule has 0 fully saturated rings. The molecule has 2 aromatic rings. The van der Waals surface area contributed by atoms with Crippen molar-refractivity contribution in [2.45, 2.75) is 12.3 Å². The first-order valence-electron chi connectivity index (χ1n) is 6.89.